The van der Waals surface area contributed by atoms with Gasteiger partial charge < -0.3 is 15.6 Å². The monoisotopic (exact) mass is 331 g/mol. The highest BCUT2D eigenvalue weighted by Gasteiger charge is 2.33. The van der Waals surface area contributed by atoms with Gasteiger partial charge >= 0.3 is 0 Å². The van der Waals surface area contributed by atoms with E-state index in [4.69, 9.17) is 0 Å². The number of amides is 2. The number of rotatable bonds is 6. The summed E-state index contributed by atoms with van der Waals surface area (Å²) < 4.78 is 0. The van der Waals surface area contributed by atoms with Gasteiger partial charge in [0.1, 0.15) is 11.7 Å². The Kier molecular flexibility index (Phi) is 6.36. The summed E-state index contributed by atoms with van der Waals surface area (Å²) in [5.41, 5.74) is 0.384. The van der Waals surface area contributed by atoms with Crippen LogP contribution in [0.1, 0.15) is 56.4 Å². The third-order valence-corrected chi connectivity index (χ3v) is 4.34. The van der Waals surface area contributed by atoms with E-state index in [-0.39, 0.29) is 23.8 Å². The smallest absolute Gasteiger partial charge is 0.269 e. The first-order valence-electron chi connectivity index (χ1n) is 8.50. The van der Waals surface area contributed by atoms with Crippen LogP contribution in [-0.4, -0.2) is 33.9 Å². The number of nitrogens with zero attached hydrogens (tertiary/aromatic N) is 2. The van der Waals surface area contributed by atoms with Gasteiger partial charge in [-0.1, -0.05) is 26.7 Å². The Morgan fingerprint density at radius 1 is 1.42 bits per heavy atom. The first-order valence-corrected chi connectivity index (χ1v) is 8.50. The van der Waals surface area contributed by atoms with Gasteiger partial charge in [-0.05, 0) is 25.2 Å². The molecule has 2 amide bonds. The first kappa shape index (κ1) is 18.0. The van der Waals surface area contributed by atoms with Gasteiger partial charge in [0.2, 0.25) is 5.91 Å². The van der Waals surface area contributed by atoms with Crippen LogP contribution in [0.25, 0.3) is 0 Å². The number of aromatic amines is 1. The second-order valence-electron chi connectivity index (χ2n) is 6.76. The van der Waals surface area contributed by atoms with Crippen molar-refractivity contribution >= 4 is 11.8 Å². The summed E-state index contributed by atoms with van der Waals surface area (Å²) >= 11 is 0. The van der Waals surface area contributed by atoms with E-state index >= 15 is 0 Å². The van der Waals surface area contributed by atoms with Crippen LogP contribution >= 0.6 is 0 Å². The Morgan fingerprint density at radius 3 is 2.79 bits per heavy atom. The van der Waals surface area contributed by atoms with Crippen molar-refractivity contribution < 1.29 is 9.59 Å². The van der Waals surface area contributed by atoms with Crippen molar-refractivity contribution in [2.24, 2.45) is 11.8 Å². The van der Waals surface area contributed by atoms with Gasteiger partial charge in [0, 0.05) is 6.04 Å². The average Bonchev–Trinajstić information content (AvgIpc) is 3.08. The highest BCUT2D eigenvalue weighted by Crippen LogP contribution is 2.25. The third kappa shape index (κ3) is 4.82. The molecule has 1 aliphatic carbocycles. The number of nitriles is 1. The molecular formula is C17H25N5O2. The summed E-state index contributed by atoms with van der Waals surface area (Å²) in [5, 5.41) is 15.0. The Labute approximate surface area is 142 Å². The van der Waals surface area contributed by atoms with Gasteiger partial charge in [-0.3, -0.25) is 9.59 Å². The standard InChI is InChI=1S/C17H25N5O2/c1-11(2)7-12(8-18)21-16(23)13-5-3-4-6-14(13)22-17(24)15-9-19-10-20-15/h9-14H,3-7H2,1-2H3,(H,19,20)(H,21,23)(H,22,24)/t12-,13+,14-/m0/s1. The van der Waals surface area contributed by atoms with E-state index in [1.54, 1.807) is 0 Å². The maximum atomic E-state index is 12.6. The number of imidazole rings is 1. The molecule has 3 N–H and O–H groups in total. The second kappa shape index (κ2) is 8.48. The molecule has 130 valence electrons. The zero-order valence-corrected chi connectivity index (χ0v) is 14.2. The highest BCUT2D eigenvalue weighted by molar-refractivity contribution is 5.92. The number of hydrogen-bond donors (Lipinski definition) is 3. The maximum absolute atomic E-state index is 12.6. The molecule has 7 heteroatoms. The van der Waals surface area contributed by atoms with Gasteiger partial charge in [-0.25, -0.2) is 4.98 Å². The average molecular weight is 331 g/mol. The largest absolute Gasteiger partial charge is 0.347 e. The molecule has 24 heavy (non-hydrogen) atoms. The van der Waals surface area contributed by atoms with Crippen molar-refractivity contribution in [3.05, 3.63) is 18.2 Å². The van der Waals surface area contributed by atoms with Crippen molar-refractivity contribution in [2.75, 3.05) is 0 Å². The van der Waals surface area contributed by atoms with Gasteiger partial charge in [0.25, 0.3) is 5.91 Å². The lowest BCUT2D eigenvalue weighted by Crippen LogP contribution is -2.50. The second-order valence-corrected chi connectivity index (χ2v) is 6.76. The van der Waals surface area contributed by atoms with Gasteiger partial charge in [0.05, 0.1) is 24.5 Å². The Bertz CT molecular complexity index is 591. The van der Waals surface area contributed by atoms with Crippen LogP contribution in [0.3, 0.4) is 0 Å². The summed E-state index contributed by atoms with van der Waals surface area (Å²) in [7, 11) is 0. The molecule has 0 saturated heterocycles. The number of nitrogens with one attached hydrogen (secondary N) is 3. The van der Waals surface area contributed by atoms with E-state index in [1.165, 1.54) is 12.5 Å². The molecule has 1 saturated carbocycles. The predicted molar refractivity (Wildman–Crippen MR) is 88.8 cm³/mol. The lowest BCUT2D eigenvalue weighted by atomic mass is 9.83. The number of H-pyrrole nitrogens is 1. The van der Waals surface area contributed by atoms with Crippen LogP contribution in [-0.2, 0) is 4.79 Å². The highest BCUT2D eigenvalue weighted by atomic mass is 16.2. The zero-order valence-electron chi connectivity index (χ0n) is 14.2. The maximum Gasteiger partial charge on any atom is 0.269 e. The molecule has 2 rings (SSSR count). The number of hydrogen-bond acceptors (Lipinski definition) is 4. The van der Waals surface area contributed by atoms with Crippen LogP contribution < -0.4 is 10.6 Å². The van der Waals surface area contributed by atoms with E-state index in [0.717, 1.165) is 25.7 Å². The SMILES string of the molecule is CC(C)C[C@@H](C#N)NC(=O)[C@@H]1CCCC[C@@H]1NC(=O)c1cnc[nH]1. The van der Waals surface area contributed by atoms with Gasteiger partial charge in [0.15, 0.2) is 0 Å². The molecular weight excluding hydrogens is 306 g/mol. The molecule has 0 aliphatic heterocycles. The van der Waals surface area contributed by atoms with E-state index in [2.05, 4.69) is 26.7 Å². The molecule has 0 spiro atoms. The molecule has 1 aromatic heterocycles. The van der Waals surface area contributed by atoms with Crippen molar-refractivity contribution in [3.8, 4) is 6.07 Å². The topological polar surface area (TPSA) is 111 Å². The Balaban J connectivity index is 1.99. The van der Waals surface area contributed by atoms with Crippen molar-refractivity contribution in [3.63, 3.8) is 0 Å². The fourth-order valence-corrected chi connectivity index (χ4v) is 3.14. The van der Waals surface area contributed by atoms with Gasteiger partial charge in [-0.2, -0.15) is 5.26 Å². The molecule has 0 unspecified atom stereocenters. The normalized spacial score (nSPS) is 21.8. The number of carbonyl (C=O) groups is 2. The summed E-state index contributed by atoms with van der Waals surface area (Å²) in [6, 6.07) is 1.45. The minimum atomic E-state index is -0.483. The lowest BCUT2D eigenvalue weighted by molar-refractivity contribution is -0.127. The van der Waals surface area contributed by atoms with Crippen LogP contribution in [0.4, 0.5) is 0 Å². The van der Waals surface area contributed by atoms with E-state index in [9.17, 15) is 14.9 Å². The molecule has 1 fully saturated rings. The summed E-state index contributed by atoms with van der Waals surface area (Å²) in [6.45, 7) is 4.04. The third-order valence-electron chi connectivity index (χ3n) is 4.34. The van der Waals surface area contributed by atoms with E-state index in [1.807, 2.05) is 13.8 Å². The quantitative estimate of drug-likeness (QED) is 0.737. The molecule has 0 bridgehead atoms. The van der Waals surface area contributed by atoms with Crippen molar-refractivity contribution in [1.82, 2.24) is 20.6 Å². The molecule has 3 atom stereocenters. The molecule has 7 nitrogen and oxygen atoms in total. The van der Waals surface area contributed by atoms with Crippen LogP contribution in [0.2, 0.25) is 0 Å². The minimum absolute atomic E-state index is 0.142. The van der Waals surface area contributed by atoms with Crippen LogP contribution in [0.5, 0.6) is 0 Å². The minimum Gasteiger partial charge on any atom is -0.347 e. The molecule has 1 aromatic rings. The Hall–Kier alpha value is -2.36. The summed E-state index contributed by atoms with van der Waals surface area (Å²) in [5.74, 6) is -0.362. The fraction of sp³-hybridized carbons (Fsp3) is 0.647. The molecule has 1 aliphatic rings. The van der Waals surface area contributed by atoms with Crippen molar-refractivity contribution in [2.45, 2.75) is 58.0 Å². The first-order chi connectivity index (χ1) is 11.5. The number of aromatic nitrogens is 2. The fourth-order valence-electron chi connectivity index (χ4n) is 3.14. The zero-order chi connectivity index (χ0) is 17.5. The van der Waals surface area contributed by atoms with Gasteiger partial charge in [-0.15, -0.1) is 0 Å². The van der Waals surface area contributed by atoms with E-state index < -0.39 is 6.04 Å². The molecule has 0 radical (unpaired) electrons. The Morgan fingerprint density at radius 2 is 2.17 bits per heavy atom. The summed E-state index contributed by atoms with van der Waals surface area (Å²) in [4.78, 5) is 31.4. The van der Waals surface area contributed by atoms with E-state index in [0.29, 0.717) is 18.0 Å². The number of carbonyl (C=O) groups excluding carboxylic acids is 2. The van der Waals surface area contributed by atoms with Crippen molar-refractivity contribution in [1.29, 1.82) is 5.26 Å². The van der Waals surface area contributed by atoms with Crippen LogP contribution in [0, 0.1) is 23.2 Å². The molecule has 1 heterocycles. The predicted octanol–water partition coefficient (Wildman–Crippen LogP) is 1.75. The molecule has 0 aromatic carbocycles. The summed E-state index contributed by atoms with van der Waals surface area (Å²) in [6.07, 6.45) is 6.95. The lowest BCUT2D eigenvalue weighted by Gasteiger charge is -2.31. The van der Waals surface area contributed by atoms with Crippen LogP contribution in [0.15, 0.2) is 12.5 Å².